The van der Waals surface area contributed by atoms with Gasteiger partial charge in [0.15, 0.2) is 5.78 Å². The Labute approximate surface area is 147 Å². The highest BCUT2D eigenvalue weighted by molar-refractivity contribution is 7.87. The molecule has 1 atom stereocenters. The zero-order chi connectivity index (χ0) is 19.3. The number of carbonyl (C=O) groups is 2. The summed E-state index contributed by atoms with van der Waals surface area (Å²) in [6.45, 7) is 3.07. The molecule has 1 amide bonds. The molecule has 0 saturated heterocycles. The molecule has 0 aliphatic carbocycles. The Morgan fingerprint density at radius 1 is 1.20 bits per heavy atom. The molecule has 0 fully saturated rings. The molecule has 1 rings (SSSR count). The van der Waals surface area contributed by atoms with E-state index in [0.717, 1.165) is 7.11 Å². The summed E-state index contributed by atoms with van der Waals surface area (Å²) in [6.07, 6.45) is 0.0614. The van der Waals surface area contributed by atoms with Crippen LogP contribution < -0.4 is 10.1 Å². The van der Waals surface area contributed by atoms with Gasteiger partial charge < -0.3 is 14.8 Å². The summed E-state index contributed by atoms with van der Waals surface area (Å²) < 4.78 is 38.9. The monoisotopic (exact) mass is 373 g/mol. The van der Waals surface area contributed by atoms with Crippen LogP contribution in [-0.2, 0) is 28.6 Å². The van der Waals surface area contributed by atoms with Crippen LogP contribution >= 0.6 is 0 Å². The standard InChI is InChI=1S/C16H23NO7S/c1-6-16(23-4,11(2)18)10-15(19)17-13-8-7-12(22-3)9-14(13)25(20,21)24-5/h7-9H,6,10H2,1-5H3,(H,17,19). The summed E-state index contributed by atoms with van der Waals surface area (Å²) in [6, 6.07) is 4.12. The number of ether oxygens (including phenoxy) is 2. The third kappa shape index (κ3) is 4.77. The van der Waals surface area contributed by atoms with Gasteiger partial charge in [-0.1, -0.05) is 6.92 Å². The quantitative estimate of drug-likeness (QED) is 0.657. The van der Waals surface area contributed by atoms with Gasteiger partial charge in [-0.15, -0.1) is 0 Å². The van der Waals surface area contributed by atoms with Crippen LogP contribution in [0.2, 0.25) is 0 Å². The third-order valence-corrected chi connectivity index (χ3v) is 5.32. The predicted octanol–water partition coefficient (Wildman–Crippen LogP) is 1.74. The number of amides is 1. The molecule has 25 heavy (non-hydrogen) atoms. The number of nitrogens with one attached hydrogen (secondary N) is 1. The van der Waals surface area contributed by atoms with E-state index >= 15 is 0 Å². The maximum absolute atomic E-state index is 12.4. The number of hydrogen-bond donors (Lipinski definition) is 1. The van der Waals surface area contributed by atoms with Crippen LogP contribution in [0.1, 0.15) is 26.7 Å². The summed E-state index contributed by atoms with van der Waals surface area (Å²) in [4.78, 5) is 24.0. The average molecular weight is 373 g/mol. The van der Waals surface area contributed by atoms with Crippen molar-refractivity contribution in [1.29, 1.82) is 0 Å². The Hall–Kier alpha value is -1.97. The van der Waals surface area contributed by atoms with Crippen molar-refractivity contribution in [2.24, 2.45) is 0 Å². The van der Waals surface area contributed by atoms with E-state index in [2.05, 4.69) is 9.50 Å². The summed E-state index contributed by atoms with van der Waals surface area (Å²) in [5, 5.41) is 2.50. The second kappa shape index (κ2) is 8.41. The zero-order valence-corrected chi connectivity index (χ0v) is 15.7. The number of rotatable bonds is 9. The largest absolute Gasteiger partial charge is 0.497 e. The molecule has 1 N–H and O–H groups in total. The highest BCUT2D eigenvalue weighted by Gasteiger charge is 2.36. The Bertz CT molecular complexity index is 739. The van der Waals surface area contributed by atoms with E-state index in [1.807, 2.05) is 0 Å². The molecule has 0 saturated carbocycles. The normalized spacial score (nSPS) is 13.8. The van der Waals surface area contributed by atoms with Crippen LogP contribution in [0.25, 0.3) is 0 Å². The van der Waals surface area contributed by atoms with Crippen LogP contribution in [0, 0.1) is 0 Å². The number of ketones is 1. The molecule has 0 aromatic heterocycles. The minimum Gasteiger partial charge on any atom is -0.497 e. The van der Waals surface area contributed by atoms with Crippen molar-refractivity contribution in [3.8, 4) is 5.75 Å². The Morgan fingerprint density at radius 2 is 1.84 bits per heavy atom. The van der Waals surface area contributed by atoms with Crippen molar-refractivity contribution >= 4 is 27.5 Å². The average Bonchev–Trinajstić information content (AvgIpc) is 2.59. The van der Waals surface area contributed by atoms with Gasteiger partial charge in [-0.05, 0) is 25.5 Å². The van der Waals surface area contributed by atoms with Gasteiger partial charge in [0.1, 0.15) is 16.2 Å². The van der Waals surface area contributed by atoms with E-state index in [1.54, 1.807) is 6.92 Å². The van der Waals surface area contributed by atoms with Crippen LogP contribution in [0.4, 0.5) is 5.69 Å². The smallest absolute Gasteiger partial charge is 0.298 e. The molecule has 9 heteroatoms. The van der Waals surface area contributed by atoms with Gasteiger partial charge in [-0.25, -0.2) is 0 Å². The second-order valence-electron chi connectivity index (χ2n) is 5.32. The van der Waals surface area contributed by atoms with E-state index in [4.69, 9.17) is 9.47 Å². The topological polar surface area (TPSA) is 108 Å². The van der Waals surface area contributed by atoms with E-state index in [-0.39, 0.29) is 28.5 Å². The Morgan fingerprint density at radius 3 is 2.28 bits per heavy atom. The molecule has 0 spiro atoms. The van der Waals surface area contributed by atoms with Crippen LogP contribution in [0.15, 0.2) is 23.1 Å². The summed E-state index contributed by atoms with van der Waals surface area (Å²) >= 11 is 0. The highest BCUT2D eigenvalue weighted by atomic mass is 32.2. The minimum atomic E-state index is -4.07. The Kier molecular flexibility index (Phi) is 7.09. The second-order valence-corrected chi connectivity index (χ2v) is 7.00. The number of anilines is 1. The molecule has 0 bridgehead atoms. The van der Waals surface area contributed by atoms with Gasteiger partial charge >= 0.3 is 0 Å². The predicted molar refractivity (Wildman–Crippen MR) is 91.1 cm³/mol. The van der Waals surface area contributed by atoms with Gasteiger partial charge in [0.25, 0.3) is 10.1 Å². The molecule has 0 heterocycles. The maximum Gasteiger partial charge on any atom is 0.298 e. The maximum atomic E-state index is 12.4. The number of hydrogen-bond acceptors (Lipinski definition) is 7. The van der Waals surface area contributed by atoms with Crippen molar-refractivity contribution in [2.75, 3.05) is 26.6 Å². The fourth-order valence-corrected chi connectivity index (χ4v) is 3.17. The van der Waals surface area contributed by atoms with Crippen molar-refractivity contribution in [3.63, 3.8) is 0 Å². The molecular formula is C16H23NO7S. The molecule has 8 nitrogen and oxygen atoms in total. The fraction of sp³-hybridized carbons (Fsp3) is 0.500. The molecule has 0 aliphatic rings. The lowest BCUT2D eigenvalue weighted by atomic mass is 9.91. The molecule has 1 aromatic rings. The lowest BCUT2D eigenvalue weighted by Crippen LogP contribution is -2.42. The van der Waals surface area contributed by atoms with Gasteiger partial charge in [0.05, 0.1) is 26.3 Å². The fourth-order valence-electron chi connectivity index (χ4n) is 2.34. The van der Waals surface area contributed by atoms with Gasteiger partial charge in [-0.3, -0.25) is 13.8 Å². The lowest BCUT2D eigenvalue weighted by Gasteiger charge is -2.27. The first-order valence-electron chi connectivity index (χ1n) is 7.50. The molecular weight excluding hydrogens is 350 g/mol. The first-order chi connectivity index (χ1) is 11.7. The summed E-state index contributed by atoms with van der Waals surface area (Å²) in [5.74, 6) is -0.555. The minimum absolute atomic E-state index is 0.0253. The van der Waals surface area contributed by atoms with E-state index in [0.29, 0.717) is 6.42 Å². The number of carbonyl (C=O) groups excluding carboxylic acids is 2. The van der Waals surface area contributed by atoms with Gasteiger partial charge in [0, 0.05) is 13.2 Å². The van der Waals surface area contributed by atoms with E-state index in [1.165, 1.54) is 39.3 Å². The Balaban J connectivity index is 3.18. The summed E-state index contributed by atoms with van der Waals surface area (Å²) in [5.41, 5.74) is -1.23. The molecule has 0 radical (unpaired) electrons. The first kappa shape index (κ1) is 21.1. The van der Waals surface area contributed by atoms with E-state index in [9.17, 15) is 18.0 Å². The molecule has 1 aromatic carbocycles. The number of methoxy groups -OCH3 is 2. The zero-order valence-electron chi connectivity index (χ0n) is 14.9. The van der Waals surface area contributed by atoms with Crippen molar-refractivity contribution in [2.45, 2.75) is 37.2 Å². The van der Waals surface area contributed by atoms with Gasteiger partial charge in [-0.2, -0.15) is 8.42 Å². The van der Waals surface area contributed by atoms with Gasteiger partial charge in [0.2, 0.25) is 5.91 Å². The third-order valence-electron chi connectivity index (χ3n) is 4.00. The highest BCUT2D eigenvalue weighted by Crippen LogP contribution is 2.29. The summed E-state index contributed by atoms with van der Waals surface area (Å²) in [7, 11) is -0.314. The van der Waals surface area contributed by atoms with Crippen LogP contribution in [-0.4, -0.2) is 47.0 Å². The van der Waals surface area contributed by atoms with Crippen LogP contribution in [0.5, 0.6) is 5.75 Å². The van der Waals surface area contributed by atoms with Crippen molar-refractivity contribution in [3.05, 3.63) is 18.2 Å². The number of Topliss-reactive ketones (excluding diaryl/α,β-unsaturated/α-hetero) is 1. The molecule has 1 unspecified atom stereocenters. The lowest BCUT2D eigenvalue weighted by molar-refractivity contribution is -0.144. The molecule has 0 aliphatic heterocycles. The van der Waals surface area contributed by atoms with Crippen LogP contribution in [0.3, 0.4) is 0 Å². The number of benzene rings is 1. The molecule has 140 valence electrons. The SMILES string of the molecule is CCC(CC(=O)Nc1ccc(OC)cc1S(=O)(=O)OC)(OC)C(C)=O. The van der Waals surface area contributed by atoms with E-state index < -0.39 is 21.6 Å². The van der Waals surface area contributed by atoms with Crippen molar-refractivity contribution < 1.29 is 31.7 Å². The first-order valence-corrected chi connectivity index (χ1v) is 8.91. The van der Waals surface area contributed by atoms with Crippen molar-refractivity contribution in [1.82, 2.24) is 0 Å².